The number of nitrogens with zero attached hydrogens (tertiary/aromatic N) is 2. The second-order valence-electron chi connectivity index (χ2n) is 11.1. The summed E-state index contributed by atoms with van der Waals surface area (Å²) in [6.45, 7) is 11.5. The second kappa shape index (κ2) is 17.6. The molecule has 0 aliphatic rings. The van der Waals surface area contributed by atoms with Crippen molar-refractivity contribution in [1.82, 2.24) is 9.88 Å². The number of aryl methyl sites for hydroxylation is 1. The van der Waals surface area contributed by atoms with E-state index in [0.29, 0.717) is 52.8 Å². The third-order valence-electron chi connectivity index (χ3n) is 6.36. The Kier molecular flexibility index (Phi) is 13.9. The van der Waals surface area contributed by atoms with Gasteiger partial charge in [0.2, 0.25) is 0 Å². The molecule has 234 valence electrons. The number of pyridine rings is 1. The van der Waals surface area contributed by atoms with E-state index in [-0.39, 0.29) is 6.54 Å². The molecule has 9 nitrogen and oxygen atoms in total. The molecule has 0 saturated heterocycles. The van der Waals surface area contributed by atoms with Crippen molar-refractivity contribution in [3.05, 3.63) is 72.1 Å². The summed E-state index contributed by atoms with van der Waals surface area (Å²) in [7, 11) is 3.30. The van der Waals surface area contributed by atoms with Crippen LogP contribution in [-0.2, 0) is 30.2 Å². The van der Waals surface area contributed by atoms with Gasteiger partial charge in [0.05, 0.1) is 65.6 Å². The predicted octanol–water partition coefficient (Wildman–Crippen LogP) is 6.17. The summed E-state index contributed by atoms with van der Waals surface area (Å²) in [5.41, 5.74) is 5.41. The molecule has 1 heterocycles. The normalized spacial score (nSPS) is 11.4. The molecule has 0 saturated carbocycles. The molecule has 0 atom stereocenters. The number of methoxy groups -OCH3 is 2. The van der Waals surface area contributed by atoms with E-state index >= 15 is 0 Å². The van der Waals surface area contributed by atoms with Gasteiger partial charge in [0.25, 0.3) is 0 Å². The van der Waals surface area contributed by atoms with Crippen LogP contribution in [0.3, 0.4) is 0 Å². The van der Waals surface area contributed by atoms with Crippen molar-refractivity contribution >= 4 is 6.09 Å². The Morgan fingerprint density at radius 2 is 1.47 bits per heavy atom. The van der Waals surface area contributed by atoms with Gasteiger partial charge in [-0.3, -0.25) is 9.88 Å². The Morgan fingerprint density at radius 1 is 0.791 bits per heavy atom. The number of rotatable bonds is 17. The van der Waals surface area contributed by atoms with E-state index in [1.165, 1.54) is 5.56 Å². The molecule has 0 N–H and O–H groups in total. The van der Waals surface area contributed by atoms with Crippen LogP contribution in [0.4, 0.5) is 4.79 Å². The minimum Gasteiger partial charge on any atom is -0.496 e. The fraction of sp³-hybridized carbons (Fsp3) is 0.471. The predicted molar refractivity (Wildman–Crippen MR) is 167 cm³/mol. The number of amides is 1. The van der Waals surface area contributed by atoms with Gasteiger partial charge in [-0.1, -0.05) is 35.9 Å². The van der Waals surface area contributed by atoms with Crippen molar-refractivity contribution in [3.8, 4) is 28.0 Å². The van der Waals surface area contributed by atoms with Crippen LogP contribution in [0.1, 0.15) is 32.0 Å². The summed E-state index contributed by atoms with van der Waals surface area (Å²) in [4.78, 5) is 19.3. The van der Waals surface area contributed by atoms with Gasteiger partial charge in [0, 0.05) is 25.4 Å². The number of ether oxygens (including phenoxy) is 6. The molecule has 3 aromatic rings. The minimum absolute atomic E-state index is 0.265. The largest absolute Gasteiger partial charge is 0.496 e. The van der Waals surface area contributed by atoms with Gasteiger partial charge in [-0.05, 0) is 68.7 Å². The summed E-state index contributed by atoms with van der Waals surface area (Å²) >= 11 is 0. The lowest BCUT2D eigenvalue weighted by Gasteiger charge is -2.27. The van der Waals surface area contributed by atoms with Crippen molar-refractivity contribution in [3.63, 3.8) is 0 Å². The molecule has 0 spiro atoms. The zero-order valence-corrected chi connectivity index (χ0v) is 26.4. The Bertz CT molecular complexity index is 1280. The fourth-order valence-corrected chi connectivity index (χ4v) is 4.29. The molecule has 1 amide bonds. The first-order valence-electron chi connectivity index (χ1n) is 14.6. The first-order valence-corrected chi connectivity index (χ1v) is 14.6. The molecule has 0 bridgehead atoms. The van der Waals surface area contributed by atoms with Gasteiger partial charge in [-0.25, -0.2) is 4.79 Å². The van der Waals surface area contributed by atoms with Crippen LogP contribution in [0.5, 0.6) is 5.75 Å². The molecule has 0 unspecified atom stereocenters. The number of aromatic nitrogens is 1. The maximum Gasteiger partial charge on any atom is 0.410 e. The monoisotopic (exact) mass is 594 g/mol. The van der Waals surface area contributed by atoms with E-state index in [2.05, 4.69) is 48.3 Å². The summed E-state index contributed by atoms with van der Waals surface area (Å²) in [6, 6.07) is 18.5. The average Bonchev–Trinajstić information content (AvgIpc) is 2.98. The highest BCUT2D eigenvalue weighted by Crippen LogP contribution is 2.34. The number of hydrogen-bond donors (Lipinski definition) is 0. The minimum atomic E-state index is -0.631. The van der Waals surface area contributed by atoms with Crippen LogP contribution in [0.2, 0.25) is 0 Å². The Labute approximate surface area is 256 Å². The van der Waals surface area contributed by atoms with E-state index in [0.717, 1.165) is 33.7 Å². The maximum absolute atomic E-state index is 13.1. The summed E-state index contributed by atoms with van der Waals surface area (Å²) in [5.74, 6) is 0.759. The van der Waals surface area contributed by atoms with Crippen LogP contribution >= 0.6 is 0 Å². The van der Waals surface area contributed by atoms with Crippen LogP contribution < -0.4 is 4.74 Å². The number of benzene rings is 2. The van der Waals surface area contributed by atoms with Gasteiger partial charge in [0.1, 0.15) is 11.4 Å². The number of hydrogen-bond acceptors (Lipinski definition) is 8. The highest BCUT2D eigenvalue weighted by molar-refractivity contribution is 5.78. The highest BCUT2D eigenvalue weighted by Gasteiger charge is 2.23. The molecule has 43 heavy (non-hydrogen) atoms. The summed E-state index contributed by atoms with van der Waals surface area (Å²) in [5, 5.41) is 0. The van der Waals surface area contributed by atoms with Gasteiger partial charge < -0.3 is 28.4 Å². The van der Waals surface area contributed by atoms with Crippen LogP contribution in [0.25, 0.3) is 22.3 Å². The van der Waals surface area contributed by atoms with Gasteiger partial charge in [0.15, 0.2) is 0 Å². The highest BCUT2D eigenvalue weighted by atomic mass is 16.6. The first kappa shape index (κ1) is 34.0. The third-order valence-corrected chi connectivity index (χ3v) is 6.36. The fourth-order valence-electron chi connectivity index (χ4n) is 4.29. The maximum atomic E-state index is 13.1. The lowest BCUT2D eigenvalue weighted by Crippen LogP contribution is -2.38. The van der Waals surface area contributed by atoms with Crippen molar-refractivity contribution in [2.24, 2.45) is 0 Å². The van der Waals surface area contributed by atoms with Crippen LogP contribution in [0.15, 0.2) is 60.8 Å². The molecule has 0 fully saturated rings. The van der Waals surface area contributed by atoms with E-state index in [4.69, 9.17) is 28.4 Å². The Morgan fingerprint density at radius 3 is 2.12 bits per heavy atom. The van der Waals surface area contributed by atoms with E-state index < -0.39 is 11.7 Å². The van der Waals surface area contributed by atoms with E-state index in [1.54, 1.807) is 25.3 Å². The lowest BCUT2D eigenvalue weighted by atomic mass is 9.97. The molecular formula is C34H46N2O7. The lowest BCUT2D eigenvalue weighted by molar-refractivity contribution is -0.00457. The molecular weight excluding hydrogens is 548 g/mol. The molecule has 0 aliphatic heterocycles. The van der Waals surface area contributed by atoms with Crippen molar-refractivity contribution in [2.75, 3.05) is 67.0 Å². The number of carbonyl (C=O) groups excluding carboxylic acids is 1. The zero-order chi connectivity index (χ0) is 31.1. The van der Waals surface area contributed by atoms with Gasteiger partial charge in [-0.2, -0.15) is 0 Å². The molecule has 2 aromatic carbocycles. The molecule has 0 radical (unpaired) electrons. The smallest absolute Gasteiger partial charge is 0.410 e. The average molecular weight is 595 g/mol. The van der Waals surface area contributed by atoms with Crippen molar-refractivity contribution in [2.45, 2.75) is 39.8 Å². The number of carbonyl (C=O) groups is 1. The summed E-state index contributed by atoms with van der Waals surface area (Å²) < 4.78 is 33.0. The first-order chi connectivity index (χ1) is 20.7. The third kappa shape index (κ3) is 12.0. The summed E-state index contributed by atoms with van der Waals surface area (Å²) in [6.07, 6.45) is 1.33. The molecule has 3 rings (SSSR count). The standard InChI is InChI=1S/C34H46N2O7/c1-26-8-7-9-27(22-26)28-10-11-32(39-6)31(24-28)29-12-13-35-30(23-29)25-36(33(37)43-34(2,3)4)14-15-40-18-19-42-21-20-41-17-16-38-5/h7-13,22-24H,14-21,25H2,1-6H3. The zero-order valence-electron chi connectivity index (χ0n) is 26.4. The molecule has 9 heteroatoms. The quantitative estimate of drug-likeness (QED) is 0.172. The van der Waals surface area contributed by atoms with E-state index in [9.17, 15) is 4.79 Å². The van der Waals surface area contributed by atoms with Crippen molar-refractivity contribution < 1.29 is 33.2 Å². The van der Waals surface area contributed by atoms with E-state index in [1.807, 2.05) is 39.0 Å². The Hall–Kier alpha value is -3.50. The van der Waals surface area contributed by atoms with Crippen LogP contribution in [0, 0.1) is 6.92 Å². The molecule has 1 aromatic heterocycles. The molecule has 0 aliphatic carbocycles. The van der Waals surface area contributed by atoms with Gasteiger partial charge in [-0.15, -0.1) is 0 Å². The SMILES string of the molecule is COCCOCCOCCOCCN(Cc1cc(-c2cc(-c3cccc(C)c3)ccc2OC)ccn1)C(=O)OC(C)(C)C. The topological polar surface area (TPSA) is 88.6 Å². The van der Waals surface area contributed by atoms with Crippen LogP contribution in [-0.4, -0.2) is 88.6 Å². The second-order valence-corrected chi connectivity index (χ2v) is 11.1. The van der Waals surface area contributed by atoms with Crippen molar-refractivity contribution in [1.29, 1.82) is 0 Å². The van der Waals surface area contributed by atoms with Gasteiger partial charge >= 0.3 is 6.09 Å². The Balaban J connectivity index is 1.67.